The zero-order valence-electron chi connectivity index (χ0n) is 17.4. The molecule has 0 atom stereocenters. The average Bonchev–Trinajstić information content (AvgIpc) is 2.82. The van der Waals surface area contributed by atoms with E-state index in [-0.39, 0.29) is 5.91 Å². The van der Waals surface area contributed by atoms with Gasteiger partial charge in [0, 0.05) is 12.2 Å². The molecular formula is C25H26N2O4. The van der Waals surface area contributed by atoms with Gasteiger partial charge in [-0.15, -0.1) is 0 Å². The topological polar surface area (TPSA) is 76.7 Å². The standard InChI is InChI=1S/C25H26N2O4/c1-2-30-17-18-31-22-15-13-21(14-16-22)24(28)26-27-25(29)23(19-9-5-3-6-10-19)20-11-7-4-8-12-20/h3-16,23H,2,17-18H2,1H3,(H,26,28)(H,27,29). The van der Waals surface area contributed by atoms with Crippen LogP contribution in [-0.2, 0) is 9.53 Å². The van der Waals surface area contributed by atoms with E-state index in [9.17, 15) is 9.59 Å². The van der Waals surface area contributed by atoms with Crippen molar-refractivity contribution in [3.8, 4) is 5.75 Å². The van der Waals surface area contributed by atoms with Crippen molar-refractivity contribution in [2.45, 2.75) is 12.8 Å². The minimum atomic E-state index is -0.538. The van der Waals surface area contributed by atoms with E-state index in [0.717, 1.165) is 11.1 Å². The lowest BCUT2D eigenvalue weighted by molar-refractivity contribution is -0.122. The number of ether oxygens (including phenoxy) is 2. The van der Waals surface area contributed by atoms with Crippen molar-refractivity contribution in [3.05, 3.63) is 102 Å². The summed E-state index contributed by atoms with van der Waals surface area (Å²) in [5.74, 6) is -0.618. The highest BCUT2D eigenvalue weighted by Crippen LogP contribution is 2.24. The van der Waals surface area contributed by atoms with Crippen molar-refractivity contribution < 1.29 is 19.1 Å². The summed E-state index contributed by atoms with van der Waals surface area (Å²) in [5, 5.41) is 0. The minimum absolute atomic E-state index is 0.318. The summed E-state index contributed by atoms with van der Waals surface area (Å²) in [5.41, 5.74) is 7.15. The molecule has 0 aliphatic carbocycles. The van der Waals surface area contributed by atoms with Gasteiger partial charge in [-0.25, -0.2) is 0 Å². The van der Waals surface area contributed by atoms with E-state index < -0.39 is 11.8 Å². The molecule has 0 saturated heterocycles. The number of carbonyl (C=O) groups excluding carboxylic acids is 2. The molecular weight excluding hydrogens is 392 g/mol. The second-order valence-corrected chi connectivity index (χ2v) is 6.77. The Bertz CT molecular complexity index is 920. The van der Waals surface area contributed by atoms with Crippen LogP contribution in [-0.4, -0.2) is 31.6 Å². The quantitative estimate of drug-likeness (QED) is 0.410. The summed E-state index contributed by atoms with van der Waals surface area (Å²) >= 11 is 0. The number of rotatable bonds is 9. The van der Waals surface area contributed by atoms with Gasteiger partial charge in [0.25, 0.3) is 5.91 Å². The van der Waals surface area contributed by atoms with Crippen molar-refractivity contribution in [2.24, 2.45) is 0 Å². The molecule has 0 fully saturated rings. The van der Waals surface area contributed by atoms with Gasteiger partial charge in [-0.05, 0) is 42.3 Å². The molecule has 2 amide bonds. The molecule has 160 valence electrons. The van der Waals surface area contributed by atoms with Crippen molar-refractivity contribution in [1.82, 2.24) is 10.9 Å². The number of nitrogens with one attached hydrogen (secondary N) is 2. The number of hydrazine groups is 1. The predicted octanol–water partition coefficient (Wildman–Crippen LogP) is 3.70. The third-order valence-electron chi connectivity index (χ3n) is 4.64. The molecule has 3 aromatic carbocycles. The Kier molecular flexibility index (Phi) is 8.20. The van der Waals surface area contributed by atoms with Crippen LogP contribution in [0.3, 0.4) is 0 Å². The van der Waals surface area contributed by atoms with Crippen LogP contribution in [0.1, 0.15) is 34.3 Å². The number of hydrogen-bond acceptors (Lipinski definition) is 4. The molecule has 0 aromatic heterocycles. The monoisotopic (exact) mass is 418 g/mol. The first-order valence-corrected chi connectivity index (χ1v) is 10.2. The Morgan fingerprint density at radius 1 is 0.774 bits per heavy atom. The van der Waals surface area contributed by atoms with Gasteiger partial charge in [0.15, 0.2) is 0 Å². The lowest BCUT2D eigenvalue weighted by atomic mass is 9.91. The molecule has 6 heteroatoms. The van der Waals surface area contributed by atoms with E-state index in [1.807, 2.05) is 67.6 Å². The van der Waals surface area contributed by atoms with Crippen molar-refractivity contribution in [3.63, 3.8) is 0 Å². The minimum Gasteiger partial charge on any atom is -0.491 e. The fourth-order valence-electron chi connectivity index (χ4n) is 3.11. The SMILES string of the molecule is CCOCCOc1ccc(C(=O)NNC(=O)C(c2ccccc2)c2ccccc2)cc1. The highest BCUT2D eigenvalue weighted by atomic mass is 16.5. The van der Waals surface area contributed by atoms with Crippen molar-refractivity contribution >= 4 is 11.8 Å². The Labute approximate surface area is 182 Å². The first-order chi connectivity index (χ1) is 15.2. The van der Waals surface area contributed by atoms with Gasteiger partial charge < -0.3 is 9.47 Å². The predicted molar refractivity (Wildman–Crippen MR) is 119 cm³/mol. The van der Waals surface area contributed by atoms with Crippen LogP contribution in [0.5, 0.6) is 5.75 Å². The smallest absolute Gasteiger partial charge is 0.269 e. The summed E-state index contributed by atoms with van der Waals surface area (Å²) < 4.78 is 10.8. The average molecular weight is 418 g/mol. The molecule has 0 aliphatic rings. The number of carbonyl (C=O) groups is 2. The molecule has 2 N–H and O–H groups in total. The molecule has 0 bridgehead atoms. The summed E-state index contributed by atoms with van der Waals surface area (Å²) in [6.07, 6.45) is 0. The van der Waals surface area contributed by atoms with Gasteiger partial charge in [-0.1, -0.05) is 60.7 Å². The van der Waals surface area contributed by atoms with Crippen LogP contribution in [0.4, 0.5) is 0 Å². The van der Waals surface area contributed by atoms with E-state index >= 15 is 0 Å². The Morgan fingerprint density at radius 3 is 1.90 bits per heavy atom. The third-order valence-corrected chi connectivity index (χ3v) is 4.64. The molecule has 0 spiro atoms. The first kappa shape index (κ1) is 22.1. The van der Waals surface area contributed by atoms with Gasteiger partial charge >= 0.3 is 0 Å². The first-order valence-electron chi connectivity index (χ1n) is 10.2. The van der Waals surface area contributed by atoms with Crippen LogP contribution >= 0.6 is 0 Å². The second-order valence-electron chi connectivity index (χ2n) is 6.77. The summed E-state index contributed by atoms with van der Waals surface area (Å²) in [4.78, 5) is 25.4. The molecule has 3 rings (SSSR count). The van der Waals surface area contributed by atoms with E-state index in [2.05, 4.69) is 10.9 Å². The van der Waals surface area contributed by atoms with Crippen LogP contribution in [0.2, 0.25) is 0 Å². The molecule has 0 unspecified atom stereocenters. The van der Waals surface area contributed by atoms with E-state index in [1.54, 1.807) is 24.3 Å². The Morgan fingerprint density at radius 2 is 1.35 bits per heavy atom. The highest BCUT2D eigenvalue weighted by molar-refractivity contribution is 5.96. The normalized spacial score (nSPS) is 10.5. The molecule has 0 saturated carbocycles. The molecule has 31 heavy (non-hydrogen) atoms. The number of hydrogen-bond donors (Lipinski definition) is 2. The molecule has 3 aromatic rings. The van der Waals surface area contributed by atoms with E-state index in [0.29, 0.717) is 31.1 Å². The lowest BCUT2D eigenvalue weighted by Gasteiger charge is -2.18. The fourth-order valence-corrected chi connectivity index (χ4v) is 3.11. The van der Waals surface area contributed by atoms with Gasteiger partial charge in [0.05, 0.1) is 12.5 Å². The lowest BCUT2D eigenvalue weighted by Crippen LogP contribution is -2.44. The van der Waals surface area contributed by atoms with Crippen LogP contribution in [0, 0.1) is 0 Å². The van der Waals surface area contributed by atoms with Gasteiger partial charge in [-0.3, -0.25) is 20.4 Å². The fraction of sp³-hybridized carbons (Fsp3) is 0.200. The largest absolute Gasteiger partial charge is 0.491 e. The van der Waals surface area contributed by atoms with E-state index in [4.69, 9.17) is 9.47 Å². The molecule has 0 heterocycles. The molecule has 6 nitrogen and oxygen atoms in total. The zero-order chi connectivity index (χ0) is 21.9. The number of benzene rings is 3. The maximum atomic E-state index is 12.9. The molecule has 0 aliphatic heterocycles. The number of amides is 2. The zero-order valence-corrected chi connectivity index (χ0v) is 17.4. The van der Waals surface area contributed by atoms with Gasteiger partial charge in [0.1, 0.15) is 12.4 Å². The Balaban J connectivity index is 1.61. The maximum absolute atomic E-state index is 12.9. The summed E-state index contributed by atoms with van der Waals surface area (Å²) in [7, 11) is 0. The van der Waals surface area contributed by atoms with Crippen molar-refractivity contribution in [2.75, 3.05) is 19.8 Å². The summed E-state index contributed by atoms with van der Waals surface area (Å²) in [6, 6.07) is 25.6. The second kappa shape index (κ2) is 11.5. The van der Waals surface area contributed by atoms with Crippen LogP contribution in [0.15, 0.2) is 84.9 Å². The third kappa shape index (κ3) is 6.42. The van der Waals surface area contributed by atoms with Crippen LogP contribution < -0.4 is 15.6 Å². The van der Waals surface area contributed by atoms with E-state index in [1.165, 1.54) is 0 Å². The van der Waals surface area contributed by atoms with Gasteiger partial charge in [-0.2, -0.15) is 0 Å². The molecule has 0 radical (unpaired) electrons. The summed E-state index contributed by atoms with van der Waals surface area (Å²) in [6.45, 7) is 3.52. The Hall–Kier alpha value is -3.64. The highest BCUT2D eigenvalue weighted by Gasteiger charge is 2.23. The van der Waals surface area contributed by atoms with Crippen LogP contribution in [0.25, 0.3) is 0 Å². The van der Waals surface area contributed by atoms with Crippen molar-refractivity contribution in [1.29, 1.82) is 0 Å². The maximum Gasteiger partial charge on any atom is 0.269 e. The van der Waals surface area contributed by atoms with Gasteiger partial charge in [0.2, 0.25) is 5.91 Å².